The van der Waals surface area contributed by atoms with Crippen molar-refractivity contribution >= 4 is 35.3 Å². The maximum absolute atomic E-state index is 12.7. The molecule has 2 amide bonds. The number of fused-ring (bicyclic) bond motifs is 1. The average molecular weight is 420 g/mol. The van der Waals surface area contributed by atoms with Crippen molar-refractivity contribution in [1.29, 1.82) is 0 Å². The summed E-state index contributed by atoms with van der Waals surface area (Å²) in [6.07, 6.45) is -2.84. The Morgan fingerprint density at radius 3 is 2.38 bits per heavy atom. The molecule has 0 saturated heterocycles. The maximum atomic E-state index is 12.7. The number of thioether (sulfide) groups is 1. The quantitative estimate of drug-likeness (QED) is 0.715. The summed E-state index contributed by atoms with van der Waals surface area (Å²) in [6, 6.07) is 9.74. The minimum Gasteiger partial charge on any atom is -0.350 e. The van der Waals surface area contributed by atoms with E-state index < -0.39 is 11.7 Å². The number of hydrogen-bond acceptors (Lipinski definition) is 3. The van der Waals surface area contributed by atoms with Crippen LogP contribution in [0, 0.1) is 0 Å². The van der Waals surface area contributed by atoms with Crippen LogP contribution in [-0.4, -0.2) is 24.9 Å². The van der Waals surface area contributed by atoms with Crippen molar-refractivity contribution in [3.63, 3.8) is 0 Å². The van der Waals surface area contributed by atoms with E-state index >= 15 is 0 Å². The molecular weight excluding hydrogens is 401 g/mol. The predicted molar refractivity (Wildman–Crippen MR) is 108 cm³/mol. The molecule has 8 heteroatoms. The van der Waals surface area contributed by atoms with Crippen LogP contribution in [0.5, 0.6) is 0 Å². The number of rotatable bonds is 3. The summed E-state index contributed by atoms with van der Waals surface area (Å²) in [5.74, 6) is -0.511. The summed E-state index contributed by atoms with van der Waals surface area (Å²) >= 11 is 1.22. The lowest BCUT2D eigenvalue weighted by Gasteiger charge is -2.27. The molecule has 1 heterocycles. The van der Waals surface area contributed by atoms with E-state index in [1.165, 1.54) is 28.8 Å². The molecule has 0 radical (unpaired) electrons. The molecule has 152 valence electrons. The highest BCUT2D eigenvalue weighted by atomic mass is 32.2. The number of alkyl halides is 3. The minimum atomic E-state index is -4.40. The van der Waals surface area contributed by atoms with E-state index in [4.69, 9.17) is 0 Å². The Labute approximate surface area is 170 Å². The number of carbonyl (C=O) groups is 2. The Morgan fingerprint density at radius 2 is 1.79 bits per heavy atom. The number of carbonyl (C=O) groups excluding carboxylic acids is 2. The molecule has 0 atom stereocenters. The lowest BCUT2D eigenvalue weighted by Crippen LogP contribution is -2.32. The molecule has 1 N–H and O–H groups in total. The smallest absolute Gasteiger partial charge is 0.350 e. The summed E-state index contributed by atoms with van der Waals surface area (Å²) in [4.78, 5) is 27.6. The van der Waals surface area contributed by atoms with Gasteiger partial charge in [0.15, 0.2) is 0 Å². The molecule has 0 spiro atoms. The largest absolute Gasteiger partial charge is 0.416 e. The Kier molecular flexibility index (Phi) is 5.75. The zero-order chi connectivity index (χ0) is 21.3. The number of hydrogen-bond donors (Lipinski definition) is 1. The van der Waals surface area contributed by atoms with Gasteiger partial charge in [-0.05, 0) is 55.8 Å². The van der Waals surface area contributed by atoms with Crippen LogP contribution in [0.1, 0.15) is 35.3 Å². The zero-order valence-corrected chi connectivity index (χ0v) is 16.8. The van der Waals surface area contributed by atoms with Gasteiger partial charge in [0, 0.05) is 23.5 Å². The van der Waals surface area contributed by atoms with Crippen molar-refractivity contribution in [2.75, 3.05) is 11.9 Å². The van der Waals surface area contributed by atoms with Crippen LogP contribution in [0.15, 0.2) is 52.3 Å². The summed E-state index contributed by atoms with van der Waals surface area (Å²) in [6.45, 7) is 3.72. The van der Waals surface area contributed by atoms with E-state index in [1.54, 1.807) is 31.3 Å². The summed E-state index contributed by atoms with van der Waals surface area (Å²) in [7, 11) is 1.60. The molecule has 0 fully saturated rings. The van der Waals surface area contributed by atoms with Crippen LogP contribution >= 0.6 is 11.8 Å². The number of anilines is 1. The van der Waals surface area contributed by atoms with Crippen LogP contribution in [-0.2, 0) is 11.0 Å². The molecule has 1 aliphatic rings. The van der Waals surface area contributed by atoms with E-state index in [2.05, 4.69) is 5.32 Å². The van der Waals surface area contributed by atoms with Gasteiger partial charge >= 0.3 is 6.18 Å². The van der Waals surface area contributed by atoms with Crippen molar-refractivity contribution < 1.29 is 22.8 Å². The van der Waals surface area contributed by atoms with Crippen LogP contribution in [0.3, 0.4) is 0 Å². The molecular formula is C21H19F3N2O2S. The van der Waals surface area contributed by atoms with Crippen molar-refractivity contribution in [2.45, 2.75) is 31.0 Å². The van der Waals surface area contributed by atoms with Crippen LogP contribution < -0.4 is 10.2 Å². The van der Waals surface area contributed by atoms with Gasteiger partial charge in [0.05, 0.1) is 16.2 Å². The Balaban J connectivity index is 1.88. The van der Waals surface area contributed by atoms with Crippen molar-refractivity contribution in [2.24, 2.45) is 0 Å². The fourth-order valence-corrected chi connectivity index (χ4v) is 3.89. The third kappa shape index (κ3) is 4.64. The maximum Gasteiger partial charge on any atom is 0.416 e. The molecule has 0 aromatic heterocycles. The molecule has 29 heavy (non-hydrogen) atoms. The van der Waals surface area contributed by atoms with Gasteiger partial charge in [-0.1, -0.05) is 23.9 Å². The Bertz CT molecular complexity index is 982. The van der Waals surface area contributed by atoms with Gasteiger partial charge in [-0.2, -0.15) is 13.2 Å². The summed E-state index contributed by atoms with van der Waals surface area (Å²) in [5.41, 5.74) is 0.824. The second-order valence-corrected chi connectivity index (χ2v) is 7.99. The van der Waals surface area contributed by atoms with Crippen molar-refractivity contribution in [3.05, 3.63) is 64.1 Å². The second-order valence-electron chi connectivity index (χ2n) is 6.91. The normalized spacial score (nSPS) is 15.6. The van der Waals surface area contributed by atoms with E-state index in [9.17, 15) is 22.8 Å². The third-order valence-electron chi connectivity index (χ3n) is 4.27. The van der Waals surface area contributed by atoms with E-state index in [0.29, 0.717) is 21.7 Å². The second kappa shape index (κ2) is 7.94. The molecule has 0 unspecified atom stereocenters. The van der Waals surface area contributed by atoms with Gasteiger partial charge in [0.1, 0.15) is 0 Å². The van der Waals surface area contributed by atoms with Crippen LogP contribution in [0.2, 0.25) is 0 Å². The molecule has 2 aromatic rings. The average Bonchev–Trinajstić information content (AvgIpc) is 2.65. The Hall–Kier alpha value is -2.74. The first kappa shape index (κ1) is 21.0. The molecule has 3 rings (SSSR count). The SMILES string of the molecule is CC(C)NC(=O)c1ccc2c(c1)N(C)C(=O)C(=Cc1ccc(C(F)(F)F)cc1)S2. The summed E-state index contributed by atoms with van der Waals surface area (Å²) in [5, 5.41) is 2.81. The van der Waals surface area contributed by atoms with Gasteiger partial charge in [0.25, 0.3) is 11.8 Å². The van der Waals surface area contributed by atoms with E-state index in [0.717, 1.165) is 17.0 Å². The highest BCUT2D eigenvalue weighted by molar-refractivity contribution is 8.04. The first-order valence-electron chi connectivity index (χ1n) is 8.86. The topological polar surface area (TPSA) is 49.4 Å². The zero-order valence-electron chi connectivity index (χ0n) is 16.0. The first-order valence-corrected chi connectivity index (χ1v) is 9.67. The number of halogens is 3. The minimum absolute atomic E-state index is 0.00876. The lowest BCUT2D eigenvalue weighted by molar-refractivity contribution is -0.137. The molecule has 1 aliphatic heterocycles. The third-order valence-corrected chi connectivity index (χ3v) is 5.35. The fraction of sp³-hybridized carbons (Fsp3) is 0.238. The van der Waals surface area contributed by atoms with Gasteiger partial charge in [-0.3, -0.25) is 9.59 Å². The van der Waals surface area contributed by atoms with Gasteiger partial charge in [0.2, 0.25) is 0 Å². The highest BCUT2D eigenvalue weighted by Gasteiger charge is 2.30. The number of nitrogens with one attached hydrogen (secondary N) is 1. The van der Waals surface area contributed by atoms with Gasteiger partial charge in [-0.15, -0.1) is 0 Å². The lowest BCUT2D eigenvalue weighted by atomic mass is 10.1. The van der Waals surface area contributed by atoms with Crippen molar-refractivity contribution in [1.82, 2.24) is 5.32 Å². The standard InChI is InChI=1S/C21H19F3N2O2S/c1-12(2)25-19(27)14-6-9-17-16(11-14)26(3)20(28)18(29-17)10-13-4-7-15(8-5-13)21(22,23)24/h4-12H,1-3H3,(H,25,27). The summed E-state index contributed by atoms with van der Waals surface area (Å²) < 4.78 is 38.1. The fourth-order valence-electron chi connectivity index (χ4n) is 2.80. The molecule has 2 aromatic carbocycles. The molecule has 4 nitrogen and oxygen atoms in total. The van der Waals surface area contributed by atoms with Crippen molar-refractivity contribution in [3.8, 4) is 0 Å². The molecule has 0 bridgehead atoms. The monoisotopic (exact) mass is 420 g/mol. The Morgan fingerprint density at radius 1 is 1.14 bits per heavy atom. The van der Waals surface area contributed by atoms with E-state index in [-0.39, 0.29) is 17.9 Å². The number of amides is 2. The van der Waals surface area contributed by atoms with Gasteiger partial charge in [-0.25, -0.2) is 0 Å². The van der Waals surface area contributed by atoms with E-state index in [1.807, 2.05) is 13.8 Å². The predicted octanol–water partition coefficient (Wildman–Crippen LogP) is 4.95. The van der Waals surface area contributed by atoms with Gasteiger partial charge < -0.3 is 10.2 Å². The van der Waals surface area contributed by atoms with Crippen LogP contribution in [0.25, 0.3) is 6.08 Å². The molecule has 0 aliphatic carbocycles. The van der Waals surface area contributed by atoms with Crippen LogP contribution in [0.4, 0.5) is 18.9 Å². The number of likely N-dealkylation sites (N-methyl/N-ethyl adjacent to an activating group) is 1. The number of nitrogens with zero attached hydrogens (tertiary/aromatic N) is 1. The number of benzene rings is 2. The first-order chi connectivity index (χ1) is 13.6. The molecule has 0 saturated carbocycles. The highest BCUT2D eigenvalue weighted by Crippen LogP contribution is 2.42.